The van der Waals surface area contributed by atoms with Crippen molar-refractivity contribution in [1.82, 2.24) is 25.2 Å². The fraction of sp³-hybridized carbons (Fsp3) is 0.692. The van der Waals surface area contributed by atoms with Crippen LogP contribution in [0.4, 0.5) is 13.6 Å². The van der Waals surface area contributed by atoms with E-state index in [4.69, 9.17) is 9.72 Å². The van der Waals surface area contributed by atoms with E-state index in [0.717, 1.165) is 24.8 Å². The number of imidazole rings is 1. The van der Waals surface area contributed by atoms with Gasteiger partial charge in [-0.2, -0.15) is 5.10 Å². The molecule has 8 nitrogen and oxygen atoms in total. The zero-order valence-corrected chi connectivity index (χ0v) is 21.5. The van der Waals surface area contributed by atoms with Crippen molar-refractivity contribution in [2.75, 3.05) is 0 Å². The first-order valence-corrected chi connectivity index (χ1v) is 13.0. The fourth-order valence-electron chi connectivity index (χ4n) is 4.87. The molecule has 0 unspecified atom stereocenters. The second-order valence-electron chi connectivity index (χ2n) is 11.2. The van der Waals surface area contributed by atoms with Crippen LogP contribution < -0.4 is 10.6 Å². The quantitative estimate of drug-likeness (QED) is 0.495. The predicted octanol–water partition coefficient (Wildman–Crippen LogP) is 5.49. The molecule has 0 radical (unpaired) electrons. The van der Waals surface area contributed by atoms with Crippen LogP contribution in [-0.2, 0) is 9.53 Å². The Morgan fingerprint density at radius 3 is 2.42 bits per heavy atom. The molecular formula is C26H37F2N5O3. The molecule has 2 atom stereocenters. The lowest BCUT2D eigenvalue weighted by Gasteiger charge is -2.33. The van der Waals surface area contributed by atoms with Gasteiger partial charge in [-0.15, -0.1) is 0 Å². The lowest BCUT2D eigenvalue weighted by molar-refractivity contribution is -0.122. The zero-order chi connectivity index (χ0) is 26.1. The standard InChI is InChI=1S/C26H37F2N5O3/c1-5-6-21(34)31-22(16-7-8-16)18-13-20-30-19(15-33(20)29-14-18)23(32-24(35)36-25(2,3)4)17-9-11-26(27,28)12-10-17/h13-17,22-23H,5-12H2,1-4H3,(H,31,34)(H,32,35)/t22-,23+/m1/s1. The molecule has 4 rings (SSSR count). The molecule has 198 valence electrons. The fourth-order valence-corrected chi connectivity index (χ4v) is 4.87. The summed E-state index contributed by atoms with van der Waals surface area (Å²) < 4.78 is 34.8. The summed E-state index contributed by atoms with van der Waals surface area (Å²) in [7, 11) is 0. The van der Waals surface area contributed by atoms with Gasteiger partial charge in [0.15, 0.2) is 5.65 Å². The molecule has 2 fully saturated rings. The summed E-state index contributed by atoms with van der Waals surface area (Å²) in [5.41, 5.74) is 1.33. The number of carbonyl (C=O) groups excluding carboxylic acids is 2. The second-order valence-corrected chi connectivity index (χ2v) is 11.2. The number of alkyl halides is 2. The van der Waals surface area contributed by atoms with Crippen molar-refractivity contribution in [2.45, 2.75) is 103 Å². The van der Waals surface area contributed by atoms with Crippen LogP contribution in [0.1, 0.15) is 102 Å². The molecule has 2 aromatic heterocycles. The van der Waals surface area contributed by atoms with Crippen LogP contribution in [0.5, 0.6) is 0 Å². The minimum atomic E-state index is -2.68. The minimum absolute atomic E-state index is 0.0222. The van der Waals surface area contributed by atoms with Crippen molar-refractivity contribution in [3.05, 3.63) is 29.7 Å². The molecule has 0 aromatic carbocycles. The van der Waals surface area contributed by atoms with Gasteiger partial charge in [0.1, 0.15) is 5.60 Å². The molecule has 2 amide bonds. The summed E-state index contributed by atoms with van der Waals surface area (Å²) in [6.07, 6.45) is 6.32. The number of nitrogens with one attached hydrogen (secondary N) is 2. The van der Waals surface area contributed by atoms with Crippen LogP contribution in [-0.4, -0.2) is 38.1 Å². The zero-order valence-electron chi connectivity index (χ0n) is 21.5. The molecule has 0 aliphatic heterocycles. The average Bonchev–Trinajstić information content (AvgIpc) is 3.53. The van der Waals surface area contributed by atoms with Crippen molar-refractivity contribution in [3.8, 4) is 0 Å². The molecular weight excluding hydrogens is 468 g/mol. The predicted molar refractivity (Wildman–Crippen MR) is 131 cm³/mol. The number of ether oxygens (including phenoxy) is 1. The van der Waals surface area contributed by atoms with Crippen LogP contribution in [0.25, 0.3) is 5.65 Å². The number of hydrogen-bond acceptors (Lipinski definition) is 5. The maximum atomic E-state index is 13.9. The number of halogens is 2. The third kappa shape index (κ3) is 6.70. The monoisotopic (exact) mass is 505 g/mol. The van der Waals surface area contributed by atoms with Crippen LogP contribution in [0.15, 0.2) is 18.5 Å². The number of fused-ring (bicyclic) bond motifs is 1. The van der Waals surface area contributed by atoms with Gasteiger partial charge in [-0.3, -0.25) is 4.79 Å². The number of hydrogen-bond donors (Lipinski definition) is 2. The Kier molecular flexibility index (Phi) is 7.52. The molecule has 36 heavy (non-hydrogen) atoms. The Morgan fingerprint density at radius 2 is 1.81 bits per heavy atom. The molecule has 2 N–H and O–H groups in total. The molecule has 2 heterocycles. The van der Waals surface area contributed by atoms with Gasteiger partial charge in [0, 0.05) is 19.3 Å². The first kappa shape index (κ1) is 26.3. The lowest BCUT2D eigenvalue weighted by Crippen LogP contribution is -2.40. The number of rotatable bonds is 8. The highest BCUT2D eigenvalue weighted by Crippen LogP contribution is 2.42. The minimum Gasteiger partial charge on any atom is -0.444 e. The number of aromatic nitrogens is 3. The number of alkyl carbamates (subject to hydrolysis) is 1. The Bertz CT molecular complexity index is 1080. The van der Waals surface area contributed by atoms with Crippen LogP contribution >= 0.6 is 0 Å². The summed E-state index contributed by atoms with van der Waals surface area (Å²) in [4.78, 5) is 29.7. The van der Waals surface area contributed by atoms with E-state index >= 15 is 0 Å². The SMILES string of the molecule is CCCC(=O)N[C@@H](c1cnn2cc([C@@H](NC(=O)OC(C)(C)C)C3CCC(F)(F)CC3)nc2c1)C1CC1. The molecule has 2 aliphatic rings. The molecule has 10 heteroatoms. The van der Waals surface area contributed by atoms with Gasteiger partial charge >= 0.3 is 6.09 Å². The number of carbonyl (C=O) groups is 2. The van der Waals surface area contributed by atoms with Gasteiger partial charge in [0.2, 0.25) is 11.8 Å². The van der Waals surface area contributed by atoms with Gasteiger partial charge in [-0.05, 0) is 76.3 Å². The second kappa shape index (κ2) is 10.3. The van der Waals surface area contributed by atoms with Crippen LogP contribution in [0.2, 0.25) is 0 Å². The number of nitrogens with zero attached hydrogens (tertiary/aromatic N) is 3. The average molecular weight is 506 g/mol. The van der Waals surface area contributed by atoms with Gasteiger partial charge in [-0.1, -0.05) is 6.92 Å². The summed E-state index contributed by atoms with van der Waals surface area (Å²) >= 11 is 0. The smallest absolute Gasteiger partial charge is 0.408 e. The maximum absolute atomic E-state index is 13.9. The van der Waals surface area contributed by atoms with Crippen LogP contribution in [0.3, 0.4) is 0 Å². The highest BCUT2D eigenvalue weighted by molar-refractivity contribution is 5.76. The third-order valence-corrected chi connectivity index (χ3v) is 6.83. The molecule has 0 spiro atoms. The highest BCUT2D eigenvalue weighted by Gasteiger charge is 2.40. The van der Waals surface area contributed by atoms with Crippen LogP contribution in [0, 0.1) is 11.8 Å². The van der Waals surface area contributed by atoms with E-state index in [0.29, 0.717) is 23.7 Å². The maximum Gasteiger partial charge on any atom is 0.408 e. The molecule has 2 aromatic rings. The number of amides is 2. The molecule has 2 saturated carbocycles. The Morgan fingerprint density at radius 1 is 1.14 bits per heavy atom. The van der Waals surface area contributed by atoms with Gasteiger partial charge in [0.05, 0.1) is 30.2 Å². The summed E-state index contributed by atoms with van der Waals surface area (Å²) in [6, 6.07) is 1.22. The van der Waals surface area contributed by atoms with Crippen molar-refractivity contribution < 1.29 is 23.1 Å². The van der Waals surface area contributed by atoms with E-state index in [2.05, 4.69) is 15.7 Å². The van der Waals surface area contributed by atoms with E-state index in [-0.39, 0.29) is 43.6 Å². The van der Waals surface area contributed by atoms with Gasteiger partial charge < -0.3 is 15.4 Å². The van der Waals surface area contributed by atoms with E-state index in [1.807, 2.05) is 13.0 Å². The van der Waals surface area contributed by atoms with E-state index in [1.165, 1.54) is 0 Å². The van der Waals surface area contributed by atoms with Crippen molar-refractivity contribution in [2.24, 2.45) is 11.8 Å². The molecule has 2 aliphatic carbocycles. The summed E-state index contributed by atoms with van der Waals surface area (Å²) in [5.74, 6) is -2.47. The molecule has 0 bridgehead atoms. The Hall–Kier alpha value is -2.78. The largest absolute Gasteiger partial charge is 0.444 e. The Labute approximate surface area is 210 Å². The lowest BCUT2D eigenvalue weighted by atomic mass is 9.81. The van der Waals surface area contributed by atoms with E-state index in [1.54, 1.807) is 37.7 Å². The van der Waals surface area contributed by atoms with Gasteiger partial charge in [0.25, 0.3) is 0 Å². The first-order chi connectivity index (χ1) is 16.9. The molecule has 0 saturated heterocycles. The van der Waals surface area contributed by atoms with Crippen molar-refractivity contribution in [1.29, 1.82) is 0 Å². The first-order valence-electron chi connectivity index (χ1n) is 13.0. The Balaban J connectivity index is 1.60. The van der Waals surface area contributed by atoms with E-state index < -0.39 is 23.7 Å². The normalized spacial score (nSPS) is 20.1. The topological polar surface area (TPSA) is 97.6 Å². The highest BCUT2D eigenvalue weighted by atomic mass is 19.3. The van der Waals surface area contributed by atoms with Gasteiger partial charge in [-0.25, -0.2) is 23.1 Å². The summed E-state index contributed by atoms with van der Waals surface area (Å²) in [5, 5.41) is 10.5. The van der Waals surface area contributed by atoms with Crippen molar-refractivity contribution >= 4 is 17.6 Å². The van der Waals surface area contributed by atoms with E-state index in [9.17, 15) is 18.4 Å². The van der Waals surface area contributed by atoms with Crippen molar-refractivity contribution in [3.63, 3.8) is 0 Å². The third-order valence-electron chi connectivity index (χ3n) is 6.83. The summed E-state index contributed by atoms with van der Waals surface area (Å²) in [6.45, 7) is 7.29.